The van der Waals surface area contributed by atoms with E-state index in [1.165, 1.54) is 44.5 Å². The molecule has 22 heavy (non-hydrogen) atoms. The molecular weight excluding hydrogens is 276 g/mol. The van der Waals surface area contributed by atoms with E-state index in [0.717, 1.165) is 31.6 Å². The van der Waals surface area contributed by atoms with Gasteiger partial charge in [-0.1, -0.05) is 0 Å². The van der Waals surface area contributed by atoms with Crippen molar-refractivity contribution in [2.75, 3.05) is 26.2 Å². The smallest absolute Gasteiger partial charge is 0.223 e. The van der Waals surface area contributed by atoms with Gasteiger partial charge in [-0.2, -0.15) is 0 Å². The number of aromatic nitrogens is 2. The van der Waals surface area contributed by atoms with Crippen molar-refractivity contribution in [1.82, 2.24) is 19.4 Å². The molecule has 3 aliphatic rings. The highest BCUT2D eigenvalue weighted by molar-refractivity contribution is 5.77. The molecule has 5 heteroatoms. The van der Waals surface area contributed by atoms with E-state index in [9.17, 15) is 4.79 Å². The number of rotatable bonds is 4. The Labute approximate surface area is 132 Å². The molecule has 120 valence electrons. The predicted molar refractivity (Wildman–Crippen MR) is 84.4 cm³/mol. The van der Waals surface area contributed by atoms with Crippen LogP contribution in [0.3, 0.4) is 0 Å². The van der Waals surface area contributed by atoms with E-state index >= 15 is 0 Å². The van der Waals surface area contributed by atoms with Gasteiger partial charge in [0.05, 0.1) is 18.1 Å². The Morgan fingerprint density at radius 2 is 2.05 bits per heavy atom. The van der Waals surface area contributed by atoms with Gasteiger partial charge in [-0.05, 0) is 44.7 Å². The van der Waals surface area contributed by atoms with E-state index in [4.69, 9.17) is 0 Å². The van der Waals surface area contributed by atoms with Crippen LogP contribution in [0.2, 0.25) is 0 Å². The maximum absolute atomic E-state index is 12.7. The van der Waals surface area contributed by atoms with Crippen LogP contribution in [0.25, 0.3) is 0 Å². The molecule has 5 nitrogen and oxygen atoms in total. The number of carbonyl (C=O) groups excluding carboxylic acids is 1. The van der Waals surface area contributed by atoms with E-state index in [1.807, 2.05) is 6.33 Å². The summed E-state index contributed by atoms with van der Waals surface area (Å²) >= 11 is 0. The summed E-state index contributed by atoms with van der Waals surface area (Å²) in [5.41, 5.74) is 2.46. The number of likely N-dealkylation sites (tertiary alicyclic amines) is 1. The quantitative estimate of drug-likeness (QED) is 0.851. The summed E-state index contributed by atoms with van der Waals surface area (Å²) < 4.78 is 2.13. The molecule has 0 bridgehead atoms. The van der Waals surface area contributed by atoms with Crippen molar-refractivity contribution in [2.24, 2.45) is 13.0 Å². The summed E-state index contributed by atoms with van der Waals surface area (Å²) in [7, 11) is 2.07. The van der Waals surface area contributed by atoms with Crippen molar-refractivity contribution in [1.29, 1.82) is 0 Å². The molecule has 4 rings (SSSR count). The van der Waals surface area contributed by atoms with E-state index in [-0.39, 0.29) is 6.04 Å². The highest BCUT2D eigenvalue weighted by atomic mass is 16.2. The molecule has 1 aromatic rings. The van der Waals surface area contributed by atoms with Crippen molar-refractivity contribution < 1.29 is 4.79 Å². The number of carbonyl (C=O) groups is 1. The van der Waals surface area contributed by atoms with Gasteiger partial charge in [0.15, 0.2) is 0 Å². The third-order valence-corrected chi connectivity index (χ3v) is 5.48. The Bertz CT molecular complexity index is 557. The van der Waals surface area contributed by atoms with E-state index in [2.05, 4.69) is 26.4 Å². The molecule has 2 fully saturated rings. The average Bonchev–Trinajstić information content (AvgIpc) is 3.02. The van der Waals surface area contributed by atoms with E-state index < -0.39 is 0 Å². The minimum Gasteiger partial charge on any atom is -0.337 e. The largest absolute Gasteiger partial charge is 0.337 e. The number of amides is 1. The second kappa shape index (κ2) is 5.69. The van der Waals surface area contributed by atoms with Crippen molar-refractivity contribution in [3.63, 3.8) is 0 Å². The van der Waals surface area contributed by atoms with Gasteiger partial charge in [-0.15, -0.1) is 0 Å². The summed E-state index contributed by atoms with van der Waals surface area (Å²) in [6.07, 6.45) is 8.67. The first-order chi connectivity index (χ1) is 10.7. The Morgan fingerprint density at radius 1 is 1.27 bits per heavy atom. The fourth-order valence-electron chi connectivity index (χ4n) is 3.97. The Balaban J connectivity index is 1.57. The first-order valence-electron chi connectivity index (χ1n) is 8.74. The number of imidazole rings is 1. The fraction of sp³-hybridized carbons (Fsp3) is 0.765. The molecule has 1 aliphatic carbocycles. The fourth-order valence-corrected chi connectivity index (χ4v) is 3.97. The van der Waals surface area contributed by atoms with Crippen molar-refractivity contribution in [3.05, 3.63) is 17.7 Å². The molecule has 1 saturated carbocycles. The van der Waals surface area contributed by atoms with Crippen molar-refractivity contribution in [3.8, 4) is 0 Å². The third-order valence-electron chi connectivity index (χ3n) is 5.48. The number of hydrogen-bond donors (Lipinski definition) is 0. The Hall–Kier alpha value is -1.36. The van der Waals surface area contributed by atoms with Crippen LogP contribution in [0.15, 0.2) is 6.33 Å². The molecule has 2 aliphatic heterocycles. The van der Waals surface area contributed by atoms with Gasteiger partial charge >= 0.3 is 0 Å². The second-order valence-electron chi connectivity index (χ2n) is 7.20. The molecule has 1 atom stereocenters. The summed E-state index contributed by atoms with van der Waals surface area (Å²) in [5, 5.41) is 0. The normalized spacial score (nSPS) is 25.5. The average molecular weight is 302 g/mol. The van der Waals surface area contributed by atoms with E-state index in [1.54, 1.807) is 0 Å². The Morgan fingerprint density at radius 3 is 2.77 bits per heavy atom. The van der Waals surface area contributed by atoms with Gasteiger partial charge in [0, 0.05) is 38.7 Å². The van der Waals surface area contributed by atoms with Crippen molar-refractivity contribution in [2.45, 2.75) is 44.6 Å². The molecule has 0 unspecified atom stereocenters. The summed E-state index contributed by atoms with van der Waals surface area (Å²) in [6, 6.07) is 0.161. The zero-order chi connectivity index (χ0) is 15.1. The van der Waals surface area contributed by atoms with Crippen LogP contribution in [0.1, 0.15) is 49.5 Å². The number of nitrogens with zero attached hydrogens (tertiary/aromatic N) is 4. The monoisotopic (exact) mass is 302 g/mol. The molecule has 0 radical (unpaired) electrons. The SMILES string of the molecule is Cn1cnc2c1CCN(C(=O)CC1CC1)[C@H]2CN1CCCC1. The first-order valence-corrected chi connectivity index (χ1v) is 8.74. The molecule has 1 amide bonds. The number of fused-ring (bicyclic) bond motifs is 1. The molecule has 0 spiro atoms. The topological polar surface area (TPSA) is 41.4 Å². The number of hydrogen-bond acceptors (Lipinski definition) is 3. The lowest BCUT2D eigenvalue weighted by Gasteiger charge is -2.37. The van der Waals surface area contributed by atoms with Gasteiger partial charge in [-0.25, -0.2) is 4.98 Å². The molecule has 1 aromatic heterocycles. The maximum atomic E-state index is 12.7. The van der Waals surface area contributed by atoms with Crippen LogP contribution in [-0.2, 0) is 18.3 Å². The van der Waals surface area contributed by atoms with Crippen LogP contribution in [0.5, 0.6) is 0 Å². The Kier molecular flexibility index (Phi) is 3.68. The molecule has 0 N–H and O–H groups in total. The van der Waals surface area contributed by atoms with Crippen LogP contribution in [-0.4, -0.2) is 51.4 Å². The van der Waals surface area contributed by atoms with Crippen LogP contribution >= 0.6 is 0 Å². The van der Waals surface area contributed by atoms with Crippen LogP contribution < -0.4 is 0 Å². The summed E-state index contributed by atoms with van der Waals surface area (Å²) in [5.74, 6) is 1.01. The predicted octanol–water partition coefficient (Wildman–Crippen LogP) is 1.74. The minimum atomic E-state index is 0.161. The van der Waals surface area contributed by atoms with Gasteiger partial charge in [0.2, 0.25) is 5.91 Å². The lowest BCUT2D eigenvalue weighted by Crippen LogP contribution is -2.45. The minimum absolute atomic E-state index is 0.161. The molecule has 0 aromatic carbocycles. The highest BCUT2D eigenvalue weighted by Crippen LogP contribution is 2.36. The molecule has 1 saturated heterocycles. The third kappa shape index (κ3) is 2.67. The summed E-state index contributed by atoms with van der Waals surface area (Å²) in [6.45, 7) is 4.16. The van der Waals surface area contributed by atoms with E-state index in [0.29, 0.717) is 11.8 Å². The zero-order valence-electron chi connectivity index (χ0n) is 13.5. The molecular formula is C17H26N4O. The van der Waals surface area contributed by atoms with Crippen LogP contribution in [0, 0.1) is 5.92 Å². The van der Waals surface area contributed by atoms with Gasteiger partial charge in [0.1, 0.15) is 0 Å². The maximum Gasteiger partial charge on any atom is 0.223 e. The van der Waals surface area contributed by atoms with Gasteiger partial charge in [-0.3, -0.25) is 4.79 Å². The van der Waals surface area contributed by atoms with Crippen LogP contribution in [0.4, 0.5) is 0 Å². The van der Waals surface area contributed by atoms with Gasteiger partial charge < -0.3 is 14.4 Å². The van der Waals surface area contributed by atoms with Crippen molar-refractivity contribution >= 4 is 5.91 Å². The highest BCUT2D eigenvalue weighted by Gasteiger charge is 2.37. The lowest BCUT2D eigenvalue weighted by atomic mass is 10.0. The lowest BCUT2D eigenvalue weighted by molar-refractivity contribution is -0.135. The first kappa shape index (κ1) is 14.2. The zero-order valence-corrected chi connectivity index (χ0v) is 13.5. The van der Waals surface area contributed by atoms with Gasteiger partial charge in [0.25, 0.3) is 0 Å². The summed E-state index contributed by atoms with van der Waals surface area (Å²) in [4.78, 5) is 22.0. The number of aryl methyl sites for hydroxylation is 1. The standard InChI is InChI=1S/C17H26N4O/c1-19-12-18-17-14(19)6-9-21(16(22)10-13-4-5-13)15(17)11-20-7-2-3-8-20/h12-13,15H,2-11H2,1H3/t15-/m0/s1. The molecule has 3 heterocycles. The second-order valence-corrected chi connectivity index (χ2v) is 7.20.